The molecule has 2 atom stereocenters. The van der Waals surface area contributed by atoms with Crippen molar-refractivity contribution >= 4 is 11.7 Å². The Morgan fingerprint density at radius 1 is 1.32 bits per heavy atom. The molecule has 0 unspecified atom stereocenters. The van der Waals surface area contributed by atoms with Gasteiger partial charge >= 0.3 is 0 Å². The summed E-state index contributed by atoms with van der Waals surface area (Å²) in [7, 11) is 0. The Morgan fingerprint density at radius 3 is 2.82 bits per heavy atom. The Hall–Kier alpha value is -2.55. The van der Waals surface area contributed by atoms with E-state index in [1.54, 1.807) is 6.07 Å². The maximum absolute atomic E-state index is 13.9. The highest BCUT2D eigenvalue weighted by Crippen LogP contribution is 2.23. The third-order valence-electron chi connectivity index (χ3n) is 5.32. The van der Waals surface area contributed by atoms with Crippen molar-refractivity contribution in [3.63, 3.8) is 0 Å². The van der Waals surface area contributed by atoms with Crippen LogP contribution in [0.1, 0.15) is 41.2 Å². The Kier molecular flexibility index (Phi) is 5.52. The smallest absolute Gasteiger partial charge is 0.271 e. The van der Waals surface area contributed by atoms with Gasteiger partial charge < -0.3 is 14.7 Å². The van der Waals surface area contributed by atoms with Crippen molar-refractivity contribution in [1.82, 2.24) is 25.6 Å². The molecule has 2 aliphatic heterocycles. The fraction of sp³-hybridized carbons (Fsp3) is 0.579. The summed E-state index contributed by atoms with van der Waals surface area (Å²) in [6.45, 7) is 4.96. The third-order valence-corrected chi connectivity index (χ3v) is 5.32. The quantitative estimate of drug-likeness (QED) is 0.806. The van der Waals surface area contributed by atoms with E-state index in [0.717, 1.165) is 37.4 Å². The summed E-state index contributed by atoms with van der Waals surface area (Å²) >= 11 is 0. The standard InChI is InChI=1S/C19H25FN6O2/c1-13-8-16(28-24-13)12-26-11-14(20)9-15(26)10-21-19(27)17-4-5-18(23-22-17)25-6-2-3-7-25/h4-5,8,14-15H,2-3,6-7,9-12H2,1H3,(H,21,27)/t14-,15-/m0/s1. The lowest BCUT2D eigenvalue weighted by molar-refractivity contribution is 0.0932. The fourth-order valence-corrected chi connectivity index (χ4v) is 3.88. The molecule has 2 aromatic heterocycles. The van der Waals surface area contributed by atoms with Crippen LogP contribution in [0.25, 0.3) is 0 Å². The van der Waals surface area contributed by atoms with E-state index in [4.69, 9.17) is 4.52 Å². The number of hydrogen-bond donors (Lipinski definition) is 1. The van der Waals surface area contributed by atoms with Crippen LogP contribution in [0, 0.1) is 6.92 Å². The molecule has 4 heterocycles. The van der Waals surface area contributed by atoms with Crippen LogP contribution in [-0.4, -0.2) is 64.6 Å². The molecular weight excluding hydrogens is 363 g/mol. The zero-order valence-corrected chi connectivity index (χ0v) is 16.0. The first-order valence-electron chi connectivity index (χ1n) is 9.75. The van der Waals surface area contributed by atoms with Gasteiger partial charge in [0.2, 0.25) is 0 Å². The number of aryl methyl sites for hydroxylation is 1. The van der Waals surface area contributed by atoms with E-state index in [1.807, 2.05) is 24.0 Å². The minimum atomic E-state index is -0.912. The number of nitrogens with one attached hydrogen (secondary N) is 1. The molecular formula is C19H25FN6O2. The van der Waals surface area contributed by atoms with Crippen LogP contribution in [-0.2, 0) is 6.54 Å². The van der Waals surface area contributed by atoms with Crippen molar-refractivity contribution in [2.45, 2.75) is 44.9 Å². The highest BCUT2D eigenvalue weighted by atomic mass is 19.1. The third kappa shape index (κ3) is 4.30. The van der Waals surface area contributed by atoms with Gasteiger partial charge in [0.1, 0.15) is 6.17 Å². The second-order valence-electron chi connectivity index (χ2n) is 7.53. The van der Waals surface area contributed by atoms with Crippen LogP contribution in [0.5, 0.6) is 0 Å². The molecule has 4 rings (SSSR count). The molecule has 0 aliphatic carbocycles. The van der Waals surface area contributed by atoms with Gasteiger partial charge in [-0.25, -0.2) is 4.39 Å². The van der Waals surface area contributed by atoms with Gasteiger partial charge in [-0.2, -0.15) is 0 Å². The molecule has 0 aromatic carbocycles. The molecule has 28 heavy (non-hydrogen) atoms. The molecule has 1 N–H and O–H groups in total. The van der Waals surface area contributed by atoms with E-state index in [2.05, 4.69) is 25.6 Å². The highest BCUT2D eigenvalue weighted by Gasteiger charge is 2.33. The molecule has 0 bridgehead atoms. The molecule has 1 amide bonds. The first-order valence-corrected chi connectivity index (χ1v) is 9.75. The van der Waals surface area contributed by atoms with Crippen molar-refractivity contribution in [2.24, 2.45) is 0 Å². The average Bonchev–Trinajstić information content (AvgIpc) is 3.42. The summed E-state index contributed by atoms with van der Waals surface area (Å²) in [5.41, 5.74) is 1.07. The number of likely N-dealkylation sites (tertiary alicyclic amines) is 1. The van der Waals surface area contributed by atoms with Crippen LogP contribution in [0.15, 0.2) is 22.7 Å². The molecule has 2 aliphatic rings. The molecule has 0 spiro atoms. The zero-order chi connectivity index (χ0) is 19.5. The summed E-state index contributed by atoms with van der Waals surface area (Å²) in [5, 5.41) is 15.0. The normalized spacial score (nSPS) is 22.7. The second-order valence-corrected chi connectivity index (χ2v) is 7.53. The first-order chi connectivity index (χ1) is 13.6. The summed E-state index contributed by atoms with van der Waals surface area (Å²) in [5.74, 6) is 1.21. The number of rotatable bonds is 6. The van der Waals surface area contributed by atoms with E-state index in [0.29, 0.717) is 31.8 Å². The van der Waals surface area contributed by atoms with Crippen LogP contribution in [0.2, 0.25) is 0 Å². The summed E-state index contributed by atoms with van der Waals surface area (Å²) in [6.07, 6.45) is 1.79. The van der Waals surface area contributed by atoms with Gasteiger partial charge in [0, 0.05) is 38.3 Å². The molecule has 0 radical (unpaired) electrons. The lowest BCUT2D eigenvalue weighted by Gasteiger charge is -2.22. The van der Waals surface area contributed by atoms with Gasteiger partial charge in [-0.05, 0) is 38.3 Å². The number of nitrogens with zero attached hydrogens (tertiary/aromatic N) is 5. The first kappa shape index (κ1) is 18.8. The van der Waals surface area contributed by atoms with Gasteiger partial charge in [0.25, 0.3) is 5.91 Å². The summed E-state index contributed by atoms with van der Waals surface area (Å²) in [4.78, 5) is 16.6. The molecule has 2 fully saturated rings. The van der Waals surface area contributed by atoms with Gasteiger partial charge in [0.05, 0.1) is 12.2 Å². The number of alkyl halides is 1. The average molecular weight is 388 g/mol. The van der Waals surface area contributed by atoms with Crippen LogP contribution in [0.4, 0.5) is 10.2 Å². The largest absolute Gasteiger partial charge is 0.360 e. The topological polar surface area (TPSA) is 87.4 Å². The van der Waals surface area contributed by atoms with Gasteiger partial charge in [-0.1, -0.05) is 5.16 Å². The fourth-order valence-electron chi connectivity index (χ4n) is 3.88. The minimum absolute atomic E-state index is 0.0961. The molecule has 8 nitrogen and oxygen atoms in total. The predicted molar refractivity (Wildman–Crippen MR) is 101 cm³/mol. The summed E-state index contributed by atoms with van der Waals surface area (Å²) < 4.78 is 19.2. The van der Waals surface area contributed by atoms with Crippen LogP contribution < -0.4 is 10.2 Å². The van der Waals surface area contributed by atoms with Gasteiger partial charge in [-0.3, -0.25) is 9.69 Å². The predicted octanol–water partition coefficient (Wildman–Crippen LogP) is 1.72. The van der Waals surface area contributed by atoms with E-state index in [1.165, 1.54) is 0 Å². The zero-order valence-electron chi connectivity index (χ0n) is 16.0. The van der Waals surface area contributed by atoms with E-state index < -0.39 is 6.17 Å². The Labute approximate surface area is 163 Å². The van der Waals surface area contributed by atoms with E-state index in [9.17, 15) is 9.18 Å². The number of carbonyl (C=O) groups is 1. The van der Waals surface area contributed by atoms with Crippen molar-refractivity contribution in [3.05, 3.63) is 35.3 Å². The van der Waals surface area contributed by atoms with E-state index in [-0.39, 0.29) is 17.6 Å². The van der Waals surface area contributed by atoms with E-state index >= 15 is 0 Å². The lowest BCUT2D eigenvalue weighted by Crippen LogP contribution is -2.40. The lowest BCUT2D eigenvalue weighted by atomic mass is 10.2. The number of carbonyl (C=O) groups excluding carboxylic acids is 1. The monoisotopic (exact) mass is 388 g/mol. The van der Waals surface area contributed by atoms with Crippen molar-refractivity contribution in [1.29, 1.82) is 0 Å². The molecule has 150 valence electrons. The molecule has 2 saturated heterocycles. The highest BCUT2D eigenvalue weighted by molar-refractivity contribution is 5.92. The van der Waals surface area contributed by atoms with Crippen molar-refractivity contribution in [2.75, 3.05) is 31.1 Å². The summed E-state index contributed by atoms with van der Waals surface area (Å²) in [6, 6.07) is 5.27. The maximum Gasteiger partial charge on any atom is 0.271 e. The molecule has 9 heteroatoms. The minimum Gasteiger partial charge on any atom is -0.360 e. The molecule has 2 aromatic rings. The van der Waals surface area contributed by atoms with Crippen molar-refractivity contribution in [3.8, 4) is 0 Å². The van der Waals surface area contributed by atoms with Crippen LogP contribution in [0.3, 0.4) is 0 Å². The molecule has 0 saturated carbocycles. The van der Waals surface area contributed by atoms with Gasteiger partial charge in [0.15, 0.2) is 17.3 Å². The Morgan fingerprint density at radius 2 is 2.14 bits per heavy atom. The number of amides is 1. The van der Waals surface area contributed by atoms with Crippen molar-refractivity contribution < 1.29 is 13.7 Å². The number of halogens is 1. The number of anilines is 1. The number of aromatic nitrogens is 3. The Balaban J connectivity index is 1.32. The number of hydrogen-bond acceptors (Lipinski definition) is 7. The van der Waals surface area contributed by atoms with Gasteiger partial charge in [-0.15, -0.1) is 10.2 Å². The Bertz CT molecular complexity index is 805. The second kappa shape index (κ2) is 8.22. The maximum atomic E-state index is 13.9. The SMILES string of the molecule is Cc1cc(CN2C[C@@H](F)C[C@H]2CNC(=O)c2ccc(N3CCCC3)nn2)on1. The van der Waals surface area contributed by atoms with Crippen LogP contribution >= 0.6 is 0 Å².